The van der Waals surface area contributed by atoms with Gasteiger partial charge in [0.05, 0.1) is 12.8 Å². The van der Waals surface area contributed by atoms with Crippen LogP contribution < -0.4 is 4.74 Å². The van der Waals surface area contributed by atoms with Crippen LogP contribution in [-0.4, -0.2) is 50.9 Å². The fraction of sp³-hybridized carbons (Fsp3) is 0.290. The molecule has 5 aromatic rings. The lowest BCUT2D eigenvalue weighted by atomic mass is 9.80. The Morgan fingerprint density at radius 2 is 1.44 bits per heavy atom. The molecular weight excluding hydrogens is 490 g/mol. The molecule has 3 aliphatic heterocycles. The maximum Gasteiger partial charge on any atom is 0.253 e. The SMILES string of the molecule is COc1cccc([C@H]2[C@H]([N+](=O)[O-])[C@H]3c4[nH]c5ccccc5c4CCN3[C@H]3c4[nH]c5ccccc5c4CCN32)c1. The average molecular weight is 520 g/mol. The van der Waals surface area contributed by atoms with Gasteiger partial charge in [-0.3, -0.25) is 19.9 Å². The van der Waals surface area contributed by atoms with Crippen molar-refractivity contribution >= 4 is 21.8 Å². The molecule has 0 bridgehead atoms. The molecule has 0 aliphatic carbocycles. The highest BCUT2D eigenvalue weighted by Crippen LogP contribution is 2.54. The van der Waals surface area contributed by atoms with E-state index in [1.165, 1.54) is 27.6 Å². The van der Waals surface area contributed by atoms with Crippen molar-refractivity contribution in [3.05, 3.63) is 111 Å². The first kappa shape index (κ1) is 22.8. The van der Waals surface area contributed by atoms with E-state index >= 15 is 0 Å². The van der Waals surface area contributed by atoms with E-state index in [1.807, 2.05) is 36.4 Å². The standard InChI is InChI=1S/C31H29N5O3/c1-39-19-8-6-7-18(17-19)28-30(36(37)38)29-26-22(20-9-2-4-11-24(20)32-26)13-16-35(29)31-27-23(14-15-34(28)31)21-10-3-5-12-25(21)33-27/h2-12,17,28-33H,13-16H2,1H3/t28-,29+,30-,31-/m0/s1. The molecule has 196 valence electrons. The van der Waals surface area contributed by atoms with Crippen LogP contribution in [0.5, 0.6) is 5.75 Å². The summed E-state index contributed by atoms with van der Waals surface area (Å²) in [4.78, 5) is 25.2. The highest BCUT2D eigenvalue weighted by molar-refractivity contribution is 5.86. The zero-order chi connectivity index (χ0) is 26.2. The molecule has 8 rings (SSSR count). The number of aromatic amines is 2. The van der Waals surface area contributed by atoms with E-state index in [0.717, 1.165) is 48.2 Å². The van der Waals surface area contributed by atoms with Crippen molar-refractivity contribution in [2.45, 2.75) is 37.1 Å². The fourth-order valence-corrected chi connectivity index (χ4v) is 7.63. The molecule has 5 heterocycles. The Balaban J connectivity index is 1.39. The third kappa shape index (κ3) is 3.19. The third-order valence-corrected chi connectivity index (χ3v) is 9.16. The lowest BCUT2D eigenvalue weighted by Gasteiger charge is -2.55. The molecule has 1 saturated heterocycles. The normalized spacial score (nSPS) is 24.6. The van der Waals surface area contributed by atoms with Crippen molar-refractivity contribution in [1.82, 2.24) is 19.8 Å². The van der Waals surface area contributed by atoms with Crippen LogP contribution in [0.2, 0.25) is 0 Å². The summed E-state index contributed by atoms with van der Waals surface area (Å²) in [5.74, 6) is 0.715. The Morgan fingerprint density at radius 3 is 2.10 bits per heavy atom. The molecule has 8 heteroatoms. The van der Waals surface area contributed by atoms with Crippen LogP contribution in [-0.2, 0) is 12.8 Å². The number of hydrogen-bond donors (Lipinski definition) is 2. The minimum atomic E-state index is -0.855. The quantitative estimate of drug-likeness (QED) is 0.242. The lowest BCUT2D eigenvalue weighted by Crippen LogP contribution is -2.62. The van der Waals surface area contributed by atoms with Gasteiger partial charge < -0.3 is 14.7 Å². The molecule has 4 atom stereocenters. The van der Waals surface area contributed by atoms with E-state index in [-0.39, 0.29) is 11.1 Å². The highest BCUT2D eigenvalue weighted by atomic mass is 16.6. The van der Waals surface area contributed by atoms with Crippen LogP contribution in [0.1, 0.15) is 46.3 Å². The van der Waals surface area contributed by atoms with Gasteiger partial charge in [-0.25, -0.2) is 0 Å². The summed E-state index contributed by atoms with van der Waals surface area (Å²) in [6.45, 7) is 1.50. The van der Waals surface area contributed by atoms with Crippen molar-refractivity contribution in [3.63, 3.8) is 0 Å². The van der Waals surface area contributed by atoms with Crippen LogP contribution in [0.3, 0.4) is 0 Å². The number of nitrogens with one attached hydrogen (secondary N) is 2. The van der Waals surface area contributed by atoms with Gasteiger partial charge in [-0.2, -0.15) is 0 Å². The molecule has 1 fully saturated rings. The van der Waals surface area contributed by atoms with Gasteiger partial charge in [0.25, 0.3) is 6.04 Å². The van der Waals surface area contributed by atoms with E-state index in [9.17, 15) is 10.1 Å². The Kier molecular flexibility index (Phi) is 4.93. The predicted molar refractivity (Wildman–Crippen MR) is 149 cm³/mol. The van der Waals surface area contributed by atoms with Crippen LogP contribution in [0.15, 0.2) is 72.8 Å². The van der Waals surface area contributed by atoms with Gasteiger partial charge in [-0.15, -0.1) is 0 Å². The molecule has 2 aromatic heterocycles. The summed E-state index contributed by atoms with van der Waals surface area (Å²) >= 11 is 0. The molecule has 0 radical (unpaired) electrons. The van der Waals surface area contributed by atoms with Crippen molar-refractivity contribution in [2.75, 3.05) is 20.2 Å². The van der Waals surface area contributed by atoms with Gasteiger partial charge in [0.15, 0.2) is 0 Å². The topological polar surface area (TPSA) is 90.4 Å². The van der Waals surface area contributed by atoms with E-state index in [1.54, 1.807) is 7.11 Å². The molecule has 2 N–H and O–H groups in total. The summed E-state index contributed by atoms with van der Waals surface area (Å²) < 4.78 is 5.57. The van der Waals surface area contributed by atoms with Gasteiger partial charge in [-0.1, -0.05) is 48.5 Å². The summed E-state index contributed by atoms with van der Waals surface area (Å²) in [7, 11) is 1.64. The van der Waals surface area contributed by atoms with Crippen molar-refractivity contribution in [1.29, 1.82) is 0 Å². The first-order chi connectivity index (χ1) is 19.1. The van der Waals surface area contributed by atoms with Crippen LogP contribution >= 0.6 is 0 Å². The minimum Gasteiger partial charge on any atom is -0.497 e. The van der Waals surface area contributed by atoms with E-state index in [0.29, 0.717) is 5.75 Å². The lowest BCUT2D eigenvalue weighted by molar-refractivity contribution is -0.550. The monoisotopic (exact) mass is 519 g/mol. The summed E-state index contributed by atoms with van der Waals surface area (Å²) in [6, 6.07) is 22.9. The minimum absolute atomic E-state index is 0.0423. The second-order valence-corrected chi connectivity index (χ2v) is 10.9. The number of benzene rings is 3. The van der Waals surface area contributed by atoms with Gasteiger partial charge in [0.2, 0.25) is 0 Å². The Morgan fingerprint density at radius 1 is 0.821 bits per heavy atom. The number of hydrogen-bond acceptors (Lipinski definition) is 5. The Labute approximate surface area is 225 Å². The van der Waals surface area contributed by atoms with Crippen LogP contribution in [0.4, 0.5) is 0 Å². The largest absolute Gasteiger partial charge is 0.497 e. The van der Waals surface area contributed by atoms with E-state index < -0.39 is 18.1 Å². The van der Waals surface area contributed by atoms with Gasteiger partial charge >= 0.3 is 0 Å². The predicted octanol–water partition coefficient (Wildman–Crippen LogP) is 5.51. The van der Waals surface area contributed by atoms with Crippen molar-refractivity contribution in [2.24, 2.45) is 0 Å². The molecule has 0 amide bonds. The second kappa shape index (κ2) is 8.43. The van der Waals surface area contributed by atoms with Crippen LogP contribution in [0, 0.1) is 10.1 Å². The number of para-hydroxylation sites is 2. The molecule has 8 nitrogen and oxygen atoms in total. The molecular formula is C31H29N5O3. The molecule has 0 saturated carbocycles. The molecule has 3 aliphatic rings. The number of nitro groups is 1. The van der Waals surface area contributed by atoms with Crippen molar-refractivity contribution in [3.8, 4) is 5.75 Å². The average Bonchev–Trinajstić information content (AvgIpc) is 3.54. The molecule has 39 heavy (non-hydrogen) atoms. The summed E-state index contributed by atoms with van der Waals surface area (Å²) in [6.07, 6.45) is 1.60. The maximum atomic E-state index is 13.1. The third-order valence-electron chi connectivity index (χ3n) is 9.16. The first-order valence-electron chi connectivity index (χ1n) is 13.6. The summed E-state index contributed by atoms with van der Waals surface area (Å²) in [5, 5.41) is 15.6. The number of methoxy groups -OCH3 is 1. The van der Waals surface area contributed by atoms with Gasteiger partial charge in [0, 0.05) is 45.5 Å². The highest BCUT2D eigenvalue weighted by Gasteiger charge is 2.58. The Hall–Kier alpha value is -4.14. The zero-order valence-electron chi connectivity index (χ0n) is 21.6. The Bertz CT molecular complexity index is 1760. The molecule has 3 aromatic carbocycles. The van der Waals surface area contributed by atoms with Crippen LogP contribution in [0.25, 0.3) is 21.8 Å². The smallest absolute Gasteiger partial charge is 0.253 e. The fourth-order valence-electron chi connectivity index (χ4n) is 7.63. The zero-order valence-corrected chi connectivity index (χ0v) is 21.6. The number of H-pyrrole nitrogens is 2. The maximum absolute atomic E-state index is 13.1. The number of rotatable bonds is 3. The second-order valence-electron chi connectivity index (χ2n) is 10.9. The number of fused-ring (bicyclic) bond motifs is 11. The number of nitrogens with zero attached hydrogens (tertiary/aromatic N) is 3. The first-order valence-corrected chi connectivity index (χ1v) is 13.6. The molecule has 0 spiro atoms. The number of aromatic nitrogens is 2. The van der Waals surface area contributed by atoms with Gasteiger partial charge in [-0.05, 0) is 53.8 Å². The van der Waals surface area contributed by atoms with E-state index in [2.05, 4.69) is 56.2 Å². The molecule has 0 unspecified atom stereocenters. The summed E-state index contributed by atoms with van der Waals surface area (Å²) in [5.41, 5.74) is 7.78. The van der Waals surface area contributed by atoms with E-state index in [4.69, 9.17) is 4.74 Å². The van der Waals surface area contributed by atoms with Gasteiger partial charge in [0.1, 0.15) is 24.0 Å². The number of ether oxygens (including phenoxy) is 1. The van der Waals surface area contributed by atoms with Crippen molar-refractivity contribution < 1.29 is 9.66 Å².